The van der Waals surface area contributed by atoms with Crippen molar-refractivity contribution in [3.63, 3.8) is 0 Å². The molecule has 4 nitrogen and oxygen atoms in total. The second-order valence-corrected chi connectivity index (χ2v) is 6.39. The number of nitrogens with one attached hydrogen (secondary N) is 2. The minimum atomic E-state index is -0.197. The second kappa shape index (κ2) is 9.46. The molecule has 0 radical (unpaired) electrons. The Morgan fingerprint density at radius 2 is 1.73 bits per heavy atom. The molecule has 1 aromatic carbocycles. The molecule has 0 heterocycles. The van der Waals surface area contributed by atoms with Crippen molar-refractivity contribution >= 4 is 23.4 Å². The van der Waals surface area contributed by atoms with Crippen LogP contribution >= 0.6 is 11.6 Å². The minimum Gasteiger partial charge on any atom is -0.354 e. The van der Waals surface area contributed by atoms with Crippen LogP contribution in [0.2, 0.25) is 5.02 Å². The van der Waals surface area contributed by atoms with Crippen molar-refractivity contribution in [2.45, 2.75) is 46.1 Å². The molecule has 0 saturated heterocycles. The van der Waals surface area contributed by atoms with E-state index in [0.29, 0.717) is 23.0 Å². The Balaban J connectivity index is 2.24. The number of carbonyl (C=O) groups excluding carboxylic acids is 2. The molecule has 1 aromatic rings. The summed E-state index contributed by atoms with van der Waals surface area (Å²) in [6, 6.07) is 6.82. The van der Waals surface area contributed by atoms with E-state index in [0.717, 1.165) is 12.8 Å². The smallest absolute Gasteiger partial charge is 0.251 e. The van der Waals surface area contributed by atoms with Crippen LogP contribution in [-0.2, 0) is 4.79 Å². The third-order valence-corrected chi connectivity index (χ3v) is 3.58. The molecule has 2 N–H and O–H groups in total. The molecule has 0 fully saturated rings. The zero-order chi connectivity index (χ0) is 16.5. The van der Waals surface area contributed by atoms with E-state index in [1.165, 1.54) is 0 Å². The van der Waals surface area contributed by atoms with E-state index >= 15 is 0 Å². The van der Waals surface area contributed by atoms with Gasteiger partial charge in [0, 0.05) is 29.6 Å². The summed E-state index contributed by atoms with van der Waals surface area (Å²) in [4.78, 5) is 23.6. The molecule has 1 atom stereocenters. The Morgan fingerprint density at radius 1 is 1.09 bits per heavy atom. The van der Waals surface area contributed by atoms with Gasteiger partial charge in [-0.2, -0.15) is 0 Å². The first-order valence-electron chi connectivity index (χ1n) is 7.71. The standard InChI is InChI=1S/C17H25ClN2O2/c1-12(2)4-5-13(3)20-16(21)10-11-19-17(22)14-6-8-15(18)9-7-14/h6-9,12-13H,4-5,10-11H2,1-3H3,(H,19,22)(H,20,21)/t13-/m1/s1. The number of hydrogen-bond acceptors (Lipinski definition) is 2. The van der Waals surface area contributed by atoms with Crippen LogP contribution in [-0.4, -0.2) is 24.4 Å². The van der Waals surface area contributed by atoms with E-state index < -0.39 is 0 Å². The lowest BCUT2D eigenvalue weighted by atomic mass is 10.0. The van der Waals surface area contributed by atoms with E-state index in [1.807, 2.05) is 6.92 Å². The van der Waals surface area contributed by atoms with Gasteiger partial charge < -0.3 is 10.6 Å². The fourth-order valence-corrected chi connectivity index (χ4v) is 2.12. The molecule has 0 spiro atoms. The van der Waals surface area contributed by atoms with Crippen LogP contribution in [0.25, 0.3) is 0 Å². The van der Waals surface area contributed by atoms with E-state index in [-0.39, 0.29) is 24.3 Å². The van der Waals surface area contributed by atoms with Gasteiger partial charge in [0.2, 0.25) is 5.91 Å². The topological polar surface area (TPSA) is 58.2 Å². The Bertz CT molecular complexity index is 486. The fourth-order valence-electron chi connectivity index (χ4n) is 2.00. The molecule has 0 bridgehead atoms. The lowest BCUT2D eigenvalue weighted by molar-refractivity contribution is -0.121. The second-order valence-electron chi connectivity index (χ2n) is 5.95. The van der Waals surface area contributed by atoms with Crippen molar-refractivity contribution < 1.29 is 9.59 Å². The van der Waals surface area contributed by atoms with E-state index in [2.05, 4.69) is 24.5 Å². The van der Waals surface area contributed by atoms with Crippen molar-refractivity contribution in [1.82, 2.24) is 10.6 Å². The summed E-state index contributed by atoms with van der Waals surface area (Å²) in [5.41, 5.74) is 0.537. The summed E-state index contributed by atoms with van der Waals surface area (Å²) in [7, 11) is 0. The highest BCUT2D eigenvalue weighted by Gasteiger charge is 2.09. The van der Waals surface area contributed by atoms with Gasteiger partial charge in [0.25, 0.3) is 5.91 Å². The molecule has 0 aromatic heterocycles. The average Bonchev–Trinajstić information content (AvgIpc) is 2.45. The van der Waals surface area contributed by atoms with Gasteiger partial charge in [-0.15, -0.1) is 0 Å². The largest absolute Gasteiger partial charge is 0.354 e. The summed E-state index contributed by atoms with van der Waals surface area (Å²) in [5, 5.41) is 6.27. The summed E-state index contributed by atoms with van der Waals surface area (Å²) >= 11 is 5.77. The number of carbonyl (C=O) groups is 2. The maximum absolute atomic E-state index is 11.9. The predicted octanol–water partition coefficient (Wildman–Crippen LogP) is 3.40. The molecule has 0 aliphatic carbocycles. The first kappa shape index (κ1) is 18.5. The summed E-state index contributed by atoms with van der Waals surface area (Å²) in [6.45, 7) is 6.67. The van der Waals surface area contributed by atoms with Gasteiger partial charge in [0.1, 0.15) is 0 Å². The normalized spacial score (nSPS) is 12.0. The number of halogens is 1. The van der Waals surface area contributed by atoms with Gasteiger partial charge >= 0.3 is 0 Å². The Hall–Kier alpha value is -1.55. The summed E-state index contributed by atoms with van der Waals surface area (Å²) < 4.78 is 0. The maximum Gasteiger partial charge on any atom is 0.251 e. The van der Waals surface area contributed by atoms with Crippen LogP contribution in [0.4, 0.5) is 0 Å². The van der Waals surface area contributed by atoms with E-state index in [9.17, 15) is 9.59 Å². The molecule has 1 rings (SSSR count). The predicted molar refractivity (Wildman–Crippen MR) is 90.1 cm³/mol. The summed E-state index contributed by atoms with van der Waals surface area (Å²) in [6.07, 6.45) is 2.35. The molecule has 2 amide bonds. The molecule has 5 heteroatoms. The molecule has 0 aliphatic rings. The molecule has 22 heavy (non-hydrogen) atoms. The molecule has 0 aliphatic heterocycles. The highest BCUT2D eigenvalue weighted by atomic mass is 35.5. The fraction of sp³-hybridized carbons (Fsp3) is 0.529. The molecule has 0 saturated carbocycles. The lowest BCUT2D eigenvalue weighted by Gasteiger charge is -2.15. The van der Waals surface area contributed by atoms with Crippen LogP contribution in [0.15, 0.2) is 24.3 Å². The third kappa shape index (κ3) is 7.46. The first-order valence-corrected chi connectivity index (χ1v) is 8.09. The zero-order valence-corrected chi connectivity index (χ0v) is 14.2. The van der Waals surface area contributed by atoms with Crippen molar-refractivity contribution in [1.29, 1.82) is 0 Å². The van der Waals surface area contributed by atoms with Gasteiger partial charge in [0.15, 0.2) is 0 Å². The highest BCUT2D eigenvalue weighted by Crippen LogP contribution is 2.09. The SMILES string of the molecule is CC(C)CC[C@@H](C)NC(=O)CCNC(=O)c1ccc(Cl)cc1. The number of benzene rings is 1. The van der Waals surface area contributed by atoms with Gasteiger partial charge in [-0.25, -0.2) is 0 Å². The Kier molecular flexibility index (Phi) is 7.96. The third-order valence-electron chi connectivity index (χ3n) is 3.33. The van der Waals surface area contributed by atoms with Crippen molar-refractivity contribution in [3.8, 4) is 0 Å². The van der Waals surface area contributed by atoms with E-state index in [1.54, 1.807) is 24.3 Å². The molecular formula is C17H25ClN2O2. The van der Waals surface area contributed by atoms with Gasteiger partial charge in [-0.3, -0.25) is 9.59 Å². The van der Waals surface area contributed by atoms with E-state index in [4.69, 9.17) is 11.6 Å². The zero-order valence-electron chi connectivity index (χ0n) is 13.5. The Labute approximate surface area is 137 Å². The number of amides is 2. The van der Waals surface area contributed by atoms with Crippen LogP contribution < -0.4 is 10.6 Å². The maximum atomic E-state index is 11.9. The molecular weight excluding hydrogens is 300 g/mol. The highest BCUT2D eigenvalue weighted by molar-refractivity contribution is 6.30. The van der Waals surface area contributed by atoms with Gasteiger partial charge in [-0.05, 0) is 49.9 Å². The van der Waals surface area contributed by atoms with Crippen molar-refractivity contribution in [3.05, 3.63) is 34.9 Å². The first-order chi connectivity index (χ1) is 10.4. The lowest BCUT2D eigenvalue weighted by Crippen LogP contribution is -2.35. The van der Waals surface area contributed by atoms with Gasteiger partial charge in [0.05, 0.1) is 0 Å². The van der Waals surface area contributed by atoms with Crippen LogP contribution in [0.3, 0.4) is 0 Å². The minimum absolute atomic E-state index is 0.0346. The molecule has 122 valence electrons. The number of hydrogen-bond donors (Lipinski definition) is 2. The molecule has 0 unspecified atom stereocenters. The van der Waals surface area contributed by atoms with Crippen molar-refractivity contribution in [2.75, 3.05) is 6.54 Å². The number of rotatable bonds is 8. The van der Waals surface area contributed by atoms with Crippen LogP contribution in [0.5, 0.6) is 0 Å². The average molecular weight is 325 g/mol. The van der Waals surface area contributed by atoms with Crippen molar-refractivity contribution in [2.24, 2.45) is 5.92 Å². The Morgan fingerprint density at radius 3 is 2.32 bits per heavy atom. The quantitative estimate of drug-likeness (QED) is 0.770. The monoisotopic (exact) mass is 324 g/mol. The summed E-state index contributed by atoms with van der Waals surface area (Å²) in [5.74, 6) is 0.406. The van der Waals surface area contributed by atoms with Crippen LogP contribution in [0, 0.1) is 5.92 Å². The van der Waals surface area contributed by atoms with Crippen LogP contribution in [0.1, 0.15) is 50.4 Å². The van der Waals surface area contributed by atoms with Gasteiger partial charge in [-0.1, -0.05) is 25.4 Å².